The van der Waals surface area contributed by atoms with Gasteiger partial charge in [0.25, 0.3) is 0 Å². The fourth-order valence-electron chi connectivity index (χ4n) is 2.50. The monoisotopic (exact) mass is 219 g/mol. The number of anilines is 2. The van der Waals surface area contributed by atoms with Crippen molar-refractivity contribution in [2.75, 3.05) is 17.2 Å². The van der Waals surface area contributed by atoms with Gasteiger partial charge in [0.1, 0.15) is 5.82 Å². The summed E-state index contributed by atoms with van der Waals surface area (Å²) < 4.78 is 0. The van der Waals surface area contributed by atoms with Crippen molar-refractivity contribution < 1.29 is 0 Å². The quantitative estimate of drug-likeness (QED) is 0.850. The average Bonchev–Trinajstić information content (AvgIpc) is 2.32. The lowest BCUT2D eigenvalue weighted by Gasteiger charge is -2.36. The summed E-state index contributed by atoms with van der Waals surface area (Å²) >= 11 is 0. The van der Waals surface area contributed by atoms with Gasteiger partial charge in [-0.05, 0) is 37.8 Å². The molecule has 1 atom stereocenters. The van der Waals surface area contributed by atoms with Crippen molar-refractivity contribution in [1.82, 2.24) is 4.98 Å². The van der Waals surface area contributed by atoms with Gasteiger partial charge in [-0.25, -0.2) is 4.98 Å². The summed E-state index contributed by atoms with van der Waals surface area (Å²) in [6, 6.07) is 4.67. The Hall–Kier alpha value is -1.25. The Bertz CT molecular complexity index is 318. The number of pyridine rings is 1. The smallest absolute Gasteiger partial charge is 0.128 e. The van der Waals surface area contributed by atoms with Crippen LogP contribution in [0.4, 0.5) is 11.5 Å². The highest BCUT2D eigenvalue weighted by Crippen LogP contribution is 2.25. The van der Waals surface area contributed by atoms with Gasteiger partial charge in [0.15, 0.2) is 0 Å². The molecular weight excluding hydrogens is 198 g/mol. The van der Waals surface area contributed by atoms with Crippen molar-refractivity contribution in [2.24, 2.45) is 0 Å². The van der Waals surface area contributed by atoms with E-state index in [9.17, 15) is 0 Å². The molecule has 1 unspecified atom stereocenters. The zero-order chi connectivity index (χ0) is 11.4. The van der Waals surface area contributed by atoms with Gasteiger partial charge in [0.05, 0.1) is 11.9 Å². The molecule has 0 spiro atoms. The molecule has 2 N–H and O–H groups in total. The van der Waals surface area contributed by atoms with Crippen LogP contribution < -0.4 is 10.6 Å². The van der Waals surface area contributed by atoms with E-state index in [4.69, 9.17) is 5.73 Å². The number of nitrogens with zero attached hydrogens (tertiary/aromatic N) is 2. The molecule has 1 aliphatic rings. The first-order valence-electron chi connectivity index (χ1n) is 6.29. The van der Waals surface area contributed by atoms with Crippen molar-refractivity contribution in [3.05, 3.63) is 18.3 Å². The van der Waals surface area contributed by atoms with Crippen LogP contribution in [-0.2, 0) is 0 Å². The van der Waals surface area contributed by atoms with Crippen molar-refractivity contribution in [1.29, 1.82) is 0 Å². The van der Waals surface area contributed by atoms with E-state index in [-0.39, 0.29) is 0 Å². The van der Waals surface area contributed by atoms with Crippen LogP contribution in [0.25, 0.3) is 0 Å². The van der Waals surface area contributed by atoms with E-state index < -0.39 is 0 Å². The first-order chi connectivity index (χ1) is 7.81. The van der Waals surface area contributed by atoms with Gasteiger partial charge in [0.2, 0.25) is 0 Å². The Balaban J connectivity index is 2.13. The first kappa shape index (κ1) is 11.2. The molecule has 3 heteroatoms. The minimum Gasteiger partial charge on any atom is -0.397 e. The second-order valence-corrected chi connectivity index (χ2v) is 4.58. The van der Waals surface area contributed by atoms with Crippen molar-refractivity contribution in [3.8, 4) is 0 Å². The maximum atomic E-state index is 5.67. The van der Waals surface area contributed by atoms with E-state index in [1.807, 2.05) is 12.1 Å². The molecule has 0 aliphatic carbocycles. The number of nitrogens with two attached hydrogens (primary N) is 1. The predicted octanol–water partition coefficient (Wildman–Crippen LogP) is 2.82. The SMILES string of the molecule is CCCC1CCCCN1c1ccc(N)cn1. The van der Waals surface area contributed by atoms with Crippen LogP contribution in [0.2, 0.25) is 0 Å². The average molecular weight is 219 g/mol. The zero-order valence-electron chi connectivity index (χ0n) is 10.0. The molecule has 2 rings (SSSR count). The first-order valence-corrected chi connectivity index (χ1v) is 6.29. The molecule has 0 bridgehead atoms. The summed E-state index contributed by atoms with van der Waals surface area (Å²) in [6.45, 7) is 3.39. The zero-order valence-corrected chi connectivity index (χ0v) is 10.0. The van der Waals surface area contributed by atoms with E-state index in [0.717, 1.165) is 18.1 Å². The molecular formula is C13H21N3. The molecule has 1 aliphatic heterocycles. The fourth-order valence-corrected chi connectivity index (χ4v) is 2.50. The summed E-state index contributed by atoms with van der Waals surface area (Å²) in [7, 11) is 0. The third-order valence-electron chi connectivity index (χ3n) is 3.31. The molecule has 88 valence electrons. The van der Waals surface area contributed by atoms with Crippen LogP contribution in [0.15, 0.2) is 18.3 Å². The molecule has 16 heavy (non-hydrogen) atoms. The highest BCUT2D eigenvalue weighted by molar-refractivity contribution is 5.46. The molecule has 1 saturated heterocycles. The summed E-state index contributed by atoms with van der Waals surface area (Å²) in [4.78, 5) is 6.89. The van der Waals surface area contributed by atoms with Crippen LogP contribution in [0.3, 0.4) is 0 Å². The Morgan fingerprint density at radius 1 is 1.44 bits per heavy atom. The largest absolute Gasteiger partial charge is 0.397 e. The highest BCUT2D eigenvalue weighted by atomic mass is 15.2. The van der Waals surface area contributed by atoms with Gasteiger partial charge in [-0.2, -0.15) is 0 Å². The molecule has 2 heterocycles. The Morgan fingerprint density at radius 3 is 3.00 bits per heavy atom. The number of nitrogen functional groups attached to an aromatic ring is 1. The van der Waals surface area contributed by atoms with Crippen LogP contribution in [0, 0.1) is 0 Å². The number of hydrogen-bond acceptors (Lipinski definition) is 3. The van der Waals surface area contributed by atoms with Crippen LogP contribution >= 0.6 is 0 Å². The van der Waals surface area contributed by atoms with Crippen LogP contribution in [-0.4, -0.2) is 17.6 Å². The fraction of sp³-hybridized carbons (Fsp3) is 0.615. The molecule has 0 aromatic carbocycles. The maximum absolute atomic E-state index is 5.67. The molecule has 1 aromatic rings. The second kappa shape index (κ2) is 5.19. The molecule has 0 radical (unpaired) electrons. The summed E-state index contributed by atoms with van der Waals surface area (Å²) in [5.41, 5.74) is 6.41. The Labute approximate surface area is 97.7 Å². The molecule has 1 aromatic heterocycles. The second-order valence-electron chi connectivity index (χ2n) is 4.58. The van der Waals surface area contributed by atoms with Crippen molar-refractivity contribution >= 4 is 11.5 Å². The third-order valence-corrected chi connectivity index (χ3v) is 3.31. The molecule has 3 nitrogen and oxygen atoms in total. The van der Waals surface area contributed by atoms with Gasteiger partial charge < -0.3 is 10.6 Å². The van der Waals surface area contributed by atoms with E-state index in [2.05, 4.69) is 16.8 Å². The lowest BCUT2D eigenvalue weighted by atomic mass is 9.98. The van der Waals surface area contributed by atoms with E-state index >= 15 is 0 Å². The van der Waals surface area contributed by atoms with Crippen molar-refractivity contribution in [2.45, 2.75) is 45.1 Å². The van der Waals surface area contributed by atoms with Crippen LogP contribution in [0.1, 0.15) is 39.0 Å². The van der Waals surface area contributed by atoms with Gasteiger partial charge in [0, 0.05) is 12.6 Å². The topological polar surface area (TPSA) is 42.1 Å². The highest BCUT2D eigenvalue weighted by Gasteiger charge is 2.22. The van der Waals surface area contributed by atoms with E-state index in [1.165, 1.54) is 32.1 Å². The van der Waals surface area contributed by atoms with Gasteiger partial charge in [-0.1, -0.05) is 13.3 Å². The minimum absolute atomic E-state index is 0.676. The molecule has 0 amide bonds. The van der Waals surface area contributed by atoms with Crippen molar-refractivity contribution in [3.63, 3.8) is 0 Å². The third kappa shape index (κ3) is 2.46. The Morgan fingerprint density at radius 2 is 2.31 bits per heavy atom. The number of aromatic nitrogens is 1. The molecule has 0 saturated carbocycles. The summed E-state index contributed by atoms with van der Waals surface area (Å²) in [5, 5.41) is 0. The number of rotatable bonds is 3. The maximum Gasteiger partial charge on any atom is 0.128 e. The van der Waals surface area contributed by atoms with Gasteiger partial charge in [-0.3, -0.25) is 0 Å². The lowest BCUT2D eigenvalue weighted by Crippen LogP contribution is -2.39. The van der Waals surface area contributed by atoms with Gasteiger partial charge >= 0.3 is 0 Å². The predicted molar refractivity (Wildman–Crippen MR) is 68.5 cm³/mol. The normalized spacial score (nSPS) is 21.1. The minimum atomic E-state index is 0.676. The van der Waals surface area contributed by atoms with Gasteiger partial charge in [-0.15, -0.1) is 0 Å². The van der Waals surface area contributed by atoms with E-state index in [1.54, 1.807) is 6.20 Å². The number of piperidine rings is 1. The number of hydrogen-bond donors (Lipinski definition) is 1. The van der Waals surface area contributed by atoms with Crippen LogP contribution in [0.5, 0.6) is 0 Å². The summed E-state index contributed by atoms with van der Waals surface area (Å²) in [5.74, 6) is 1.09. The Kier molecular flexibility index (Phi) is 3.65. The summed E-state index contributed by atoms with van der Waals surface area (Å²) in [6.07, 6.45) is 8.22. The standard InChI is InChI=1S/C13H21N3/c1-2-5-12-6-3-4-9-16(12)13-8-7-11(14)10-15-13/h7-8,10,12H,2-6,9,14H2,1H3. The lowest BCUT2D eigenvalue weighted by molar-refractivity contribution is 0.432. The van der Waals surface area contributed by atoms with E-state index in [0.29, 0.717) is 6.04 Å². The molecule has 1 fully saturated rings.